The van der Waals surface area contributed by atoms with E-state index < -0.39 is 0 Å². The number of methoxy groups -OCH3 is 1. The minimum atomic E-state index is -0.0690. The molecule has 1 unspecified atom stereocenters. The lowest BCUT2D eigenvalue weighted by atomic mass is 10.2. The van der Waals surface area contributed by atoms with Crippen molar-refractivity contribution in [2.45, 2.75) is 19.9 Å². The van der Waals surface area contributed by atoms with Crippen molar-refractivity contribution < 1.29 is 14.3 Å². The molecule has 116 valence electrons. The number of nitrogens with two attached hydrogens (primary N) is 1. The first-order chi connectivity index (χ1) is 9.99. The smallest absolute Gasteiger partial charge is 0.260 e. The van der Waals surface area contributed by atoms with E-state index in [1.54, 1.807) is 36.3 Å². The normalized spacial score (nSPS) is 11.8. The van der Waals surface area contributed by atoms with Crippen LogP contribution in [0.1, 0.15) is 19.4 Å². The maximum atomic E-state index is 12.1. The quantitative estimate of drug-likeness (QED) is 0.739. The van der Waals surface area contributed by atoms with E-state index in [4.69, 9.17) is 27.4 Å². The zero-order chi connectivity index (χ0) is 15.8. The molecule has 6 heteroatoms. The SMILES string of the molecule is CCN(C(=O)COc1ccc(C(N)=S)cc1)C(C)COC. The van der Waals surface area contributed by atoms with Crippen molar-refractivity contribution in [3.8, 4) is 5.75 Å². The van der Waals surface area contributed by atoms with Crippen LogP contribution in [0.3, 0.4) is 0 Å². The van der Waals surface area contributed by atoms with Gasteiger partial charge in [-0.15, -0.1) is 0 Å². The van der Waals surface area contributed by atoms with E-state index in [1.165, 1.54) is 0 Å². The maximum Gasteiger partial charge on any atom is 0.260 e. The molecule has 0 bridgehead atoms. The molecular weight excluding hydrogens is 288 g/mol. The van der Waals surface area contributed by atoms with Gasteiger partial charge in [0.15, 0.2) is 6.61 Å². The molecule has 0 radical (unpaired) electrons. The molecule has 1 atom stereocenters. The highest BCUT2D eigenvalue weighted by atomic mass is 32.1. The molecule has 0 aromatic heterocycles. The summed E-state index contributed by atoms with van der Waals surface area (Å²) in [6.45, 7) is 4.99. The Bertz CT molecular complexity index is 476. The first-order valence-electron chi connectivity index (χ1n) is 6.80. The highest BCUT2D eigenvalue weighted by Crippen LogP contribution is 2.12. The summed E-state index contributed by atoms with van der Waals surface area (Å²) in [5.74, 6) is 0.541. The van der Waals surface area contributed by atoms with E-state index in [-0.39, 0.29) is 18.6 Å². The molecule has 0 spiro atoms. The third-order valence-corrected chi connectivity index (χ3v) is 3.34. The second kappa shape index (κ2) is 8.59. The van der Waals surface area contributed by atoms with Crippen LogP contribution in [0.5, 0.6) is 5.75 Å². The molecule has 5 nitrogen and oxygen atoms in total. The van der Waals surface area contributed by atoms with E-state index in [0.29, 0.717) is 23.9 Å². The van der Waals surface area contributed by atoms with Gasteiger partial charge in [0, 0.05) is 19.2 Å². The van der Waals surface area contributed by atoms with E-state index in [0.717, 1.165) is 5.56 Å². The lowest BCUT2D eigenvalue weighted by Crippen LogP contribution is -2.43. The summed E-state index contributed by atoms with van der Waals surface area (Å²) >= 11 is 4.88. The van der Waals surface area contributed by atoms with Crippen molar-refractivity contribution in [3.05, 3.63) is 29.8 Å². The van der Waals surface area contributed by atoms with Gasteiger partial charge in [-0.3, -0.25) is 4.79 Å². The Kier molecular flexibility index (Phi) is 7.11. The molecule has 0 aliphatic carbocycles. The Morgan fingerprint density at radius 3 is 2.48 bits per heavy atom. The predicted octanol–water partition coefficient (Wildman–Crippen LogP) is 1.58. The van der Waals surface area contributed by atoms with Gasteiger partial charge in [-0.2, -0.15) is 0 Å². The molecule has 2 N–H and O–H groups in total. The van der Waals surface area contributed by atoms with Crippen molar-refractivity contribution in [2.75, 3.05) is 26.9 Å². The maximum absolute atomic E-state index is 12.1. The van der Waals surface area contributed by atoms with Gasteiger partial charge >= 0.3 is 0 Å². The van der Waals surface area contributed by atoms with Gasteiger partial charge < -0.3 is 20.1 Å². The monoisotopic (exact) mass is 310 g/mol. The molecule has 0 fully saturated rings. The molecule has 1 amide bonds. The fourth-order valence-electron chi connectivity index (χ4n) is 2.01. The second-order valence-electron chi connectivity index (χ2n) is 4.66. The van der Waals surface area contributed by atoms with Crippen LogP contribution in [0, 0.1) is 0 Å². The molecular formula is C15H22N2O3S. The van der Waals surface area contributed by atoms with Gasteiger partial charge in [-0.05, 0) is 38.1 Å². The van der Waals surface area contributed by atoms with Crippen molar-refractivity contribution in [1.82, 2.24) is 4.90 Å². The molecule has 21 heavy (non-hydrogen) atoms. The standard InChI is InChI=1S/C15H22N2O3S/c1-4-17(11(2)9-19-3)14(18)10-20-13-7-5-12(6-8-13)15(16)21/h5-8,11H,4,9-10H2,1-3H3,(H2,16,21). The molecule has 0 aliphatic rings. The zero-order valence-corrected chi connectivity index (χ0v) is 13.5. The second-order valence-corrected chi connectivity index (χ2v) is 5.10. The topological polar surface area (TPSA) is 64.8 Å². The number of amides is 1. The fraction of sp³-hybridized carbons (Fsp3) is 0.467. The Labute approximate surface area is 131 Å². The molecule has 0 aliphatic heterocycles. The fourth-order valence-corrected chi connectivity index (χ4v) is 2.14. The van der Waals surface area contributed by atoms with Gasteiger partial charge in [-0.1, -0.05) is 12.2 Å². The van der Waals surface area contributed by atoms with Crippen LogP contribution in [0.15, 0.2) is 24.3 Å². The number of benzene rings is 1. The summed E-state index contributed by atoms with van der Waals surface area (Å²) in [4.78, 5) is 14.2. The van der Waals surface area contributed by atoms with Crippen LogP contribution in [0.4, 0.5) is 0 Å². The number of carbonyl (C=O) groups is 1. The summed E-state index contributed by atoms with van der Waals surface area (Å²) in [5.41, 5.74) is 6.29. The first-order valence-corrected chi connectivity index (χ1v) is 7.21. The Morgan fingerprint density at radius 2 is 2.00 bits per heavy atom. The number of likely N-dealkylation sites (N-methyl/N-ethyl adjacent to an activating group) is 1. The summed E-state index contributed by atoms with van der Waals surface area (Å²) in [6, 6.07) is 7.06. The summed E-state index contributed by atoms with van der Waals surface area (Å²) in [7, 11) is 1.62. The van der Waals surface area contributed by atoms with E-state index in [1.807, 2.05) is 13.8 Å². The molecule has 1 rings (SSSR count). The van der Waals surface area contributed by atoms with Crippen molar-refractivity contribution >= 4 is 23.1 Å². The van der Waals surface area contributed by atoms with Gasteiger partial charge in [0.05, 0.1) is 12.6 Å². The van der Waals surface area contributed by atoms with Gasteiger partial charge in [0.2, 0.25) is 0 Å². The van der Waals surface area contributed by atoms with Crippen molar-refractivity contribution in [1.29, 1.82) is 0 Å². The Hall–Kier alpha value is -1.66. The molecule has 0 saturated heterocycles. The number of thiocarbonyl (C=S) groups is 1. The average Bonchev–Trinajstić information content (AvgIpc) is 2.46. The van der Waals surface area contributed by atoms with E-state index >= 15 is 0 Å². The lowest BCUT2D eigenvalue weighted by Gasteiger charge is -2.27. The van der Waals surface area contributed by atoms with E-state index in [9.17, 15) is 4.79 Å². The highest BCUT2D eigenvalue weighted by molar-refractivity contribution is 7.80. The first kappa shape index (κ1) is 17.4. The lowest BCUT2D eigenvalue weighted by molar-refractivity contribution is -0.136. The molecule has 0 saturated carbocycles. The summed E-state index contributed by atoms with van der Waals surface area (Å²) in [5, 5.41) is 0. The number of ether oxygens (including phenoxy) is 2. The average molecular weight is 310 g/mol. The number of carbonyl (C=O) groups excluding carboxylic acids is 1. The number of hydrogen-bond acceptors (Lipinski definition) is 4. The van der Waals surface area contributed by atoms with Gasteiger partial charge in [0.25, 0.3) is 5.91 Å². The van der Waals surface area contributed by atoms with E-state index in [2.05, 4.69) is 0 Å². The molecule has 1 aromatic rings. The van der Waals surface area contributed by atoms with Crippen LogP contribution < -0.4 is 10.5 Å². The summed E-state index contributed by atoms with van der Waals surface area (Å²) in [6.07, 6.45) is 0. The molecule has 1 aromatic carbocycles. The zero-order valence-electron chi connectivity index (χ0n) is 12.7. The van der Waals surface area contributed by atoms with Gasteiger partial charge in [0.1, 0.15) is 10.7 Å². The van der Waals surface area contributed by atoms with Crippen LogP contribution in [0.25, 0.3) is 0 Å². The van der Waals surface area contributed by atoms with Crippen LogP contribution >= 0.6 is 12.2 Å². The van der Waals surface area contributed by atoms with Gasteiger partial charge in [-0.25, -0.2) is 0 Å². The highest BCUT2D eigenvalue weighted by Gasteiger charge is 2.18. The number of hydrogen-bond donors (Lipinski definition) is 1. The third kappa shape index (κ3) is 5.32. The Balaban J connectivity index is 2.56. The predicted molar refractivity (Wildman–Crippen MR) is 86.5 cm³/mol. The Morgan fingerprint density at radius 1 is 1.38 bits per heavy atom. The molecule has 0 heterocycles. The number of rotatable bonds is 8. The van der Waals surface area contributed by atoms with Crippen LogP contribution in [-0.2, 0) is 9.53 Å². The van der Waals surface area contributed by atoms with Crippen molar-refractivity contribution in [3.63, 3.8) is 0 Å². The largest absolute Gasteiger partial charge is 0.484 e. The third-order valence-electron chi connectivity index (χ3n) is 3.10. The van der Waals surface area contributed by atoms with Crippen LogP contribution in [0.2, 0.25) is 0 Å². The number of nitrogens with zero attached hydrogens (tertiary/aromatic N) is 1. The summed E-state index contributed by atoms with van der Waals surface area (Å²) < 4.78 is 10.6. The van der Waals surface area contributed by atoms with Crippen LogP contribution in [-0.4, -0.2) is 48.7 Å². The minimum Gasteiger partial charge on any atom is -0.484 e. The minimum absolute atomic E-state index is 0.00564. The van der Waals surface area contributed by atoms with Crippen molar-refractivity contribution in [2.24, 2.45) is 5.73 Å².